The number of likely N-dealkylation sites (tertiary alicyclic amines) is 1. The first-order valence-electron chi connectivity index (χ1n) is 9.85. The van der Waals surface area contributed by atoms with Crippen molar-refractivity contribution in [3.63, 3.8) is 0 Å². The average Bonchev–Trinajstić information content (AvgIpc) is 3.16. The minimum absolute atomic E-state index is 0.258. The highest BCUT2D eigenvalue weighted by atomic mass is 35.5. The monoisotopic (exact) mass is 372 g/mol. The van der Waals surface area contributed by atoms with Gasteiger partial charge in [-0.2, -0.15) is 5.26 Å². The molecule has 1 aliphatic heterocycles. The third-order valence-corrected chi connectivity index (χ3v) is 6.30. The van der Waals surface area contributed by atoms with E-state index >= 15 is 0 Å². The normalized spacial score (nSPS) is 20.0. The van der Waals surface area contributed by atoms with Crippen LogP contribution >= 0.6 is 11.6 Å². The second-order valence-electron chi connectivity index (χ2n) is 7.92. The number of hydrogen-bond acceptors (Lipinski definition) is 3. The summed E-state index contributed by atoms with van der Waals surface area (Å²) < 4.78 is 0. The molecule has 1 saturated carbocycles. The Morgan fingerprint density at radius 3 is 2.62 bits per heavy atom. The Hall–Kier alpha value is -1.73. The zero-order valence-corrected chi connectivity index (χ0v) is 16.4. The SMILES string of the molecule is CC1CCN(C(=N)CC(Nc2ccc(C#N)c(Cl)c2)C2CCCC2)CC1. The van der Waals surface area contributed by atoms with Gasteiger partial charge < -0.3 is 10.2 Å². The molecule has 0 aromatic heterocycles. The molecule has 1 aliphatic carbocycles. The molecule has 26 heavy (non-hydrogen) atoms. The van der Waals surface area contributed by atoms with E-state index in [1.165, 1.54) is 38.5 Å². The average molecular weight is 373 g/mol. The zero-order chi connectivity index (χ0) is 18.5. The number of nitrogens with zero attached hydrogens (tertiary/aromatic N) is 2. The highest BCUT2D eigenvalue weighted by Crippen LogP contribution is 2.32. The molecule has 0 radical (unpaired) electrons. The summed E-state index contributed by atoms with van der Waals surface area (Å²) in [7, 11) is 0. The van der Waals surface area contributed by atoms with Crippen molar-refractivity contribution in [1.29, 1.82) is 10.7 Å². The Bertz CT molecular complexity index is 667. The molecule has 4 nitrogen and oxygen atoms in total. The van der Waals surface area contributed by atoms with Gasteiger partial charge in [-0.3, -0.25) is 5.41 Å². The van der Waals surface area contributed by atoms with Crippen molar-refractivity contribution in [2.45, 2.75) is 57.9 Å². The van der Waals surface area contributed by atoms with Crippen LogP contribution in [0.4, 0.5) is 5.69 Å². The summed E-state index contributed by atoms with van der Waals surface area (Å²) in [5.41, 5.74) is 1.45. The van der Waals surface area contributed by atoms with Crippen LogP contribution in [0.15, 0.2) is 18.2 Å². The van der Waals surface area contributed by atoms with Gasteiger partial charge in [0.05, 0.1) is 16.4 Å². The summed E-state index contributed by atoms with van der Waals surface area (Å²) in [6.07, 6.45) is 8.16. The Balaban J connectivity index is 1.68. The van der Waals surface area contributed by atoms with Gasteiger partial charge in [0.25, 0.3) is 0 Å². The van der Waals surface area contributed by atoms with Crippen molar-refractivity contribution in [2.24, 2.45) is 11.8 Å². The van der Waals surface area contributed by atoms with E-state index in [9.17, 15) is 0 Å². The summed E-state index contributed by atoms with van der Waals surface area (Å²) in [4.78, 5) is 2.26. The predicted octanol–water partition coefficient (Wildman–Crippen LogP) is 5.28. The Morgan fingerprint density at radius 1 is 1.31 bits per heavy atom. The lowest BCUT2D eigenvalue weighted by molar-refractivity contribution is 0.272. The topological polar surface area (TPSA) is 62.9 Å². The van der Waals surface area contributed by atoms with Gasteiger partial charge in [0.15, 0.2) is 0 Å². The maximum atomic E-state index is 9.06. The molecule has 1 saturated heterocycles. The van der Waals surface area contributed by atoms with Gasteiger partial charge in [-0.25, -0.2) is 0 Å². The third-order valence-electron chi connectivity index (χ3n) is 5.99. The molecule has 2 aliphatic rings. The van der Waals surface area contributed by atoms with E-state index in [-0.39, 0.29) is 6.04 Å². The van der Waals surface area contributed by atoms with Crippen LogP contribution in [0.2, 0.25) is 5.02 Å². The van der Waals surface area contributed by atoms with Crippen LogP contribution in [0.1, 0.15) is 57.4 Å². The van der Waals surface area contributed by atoms with Gasteiger partial charge in [-0.05, 0) is 55.7 Å². The van der Waals surface area contributed by atoms with Crippen molar-refractivity contribution in [3.05, 3.63) is 28.8 Å². The van der Waals surface area contributed by atoms with E-state index in [4.69, 9.17) is 22.3 Å². The smallest absolute Gasteiger partial charge is 0.101 e. The van der Waals surface area contributed by atoms with Gasteiger partial charge in [0.1, 0.15) is 6.07 Å². The fraction of sp³-hybridized carbons (Fsp3) is 0.619. The fourth-order valence-electron chi connectivity index (χ4n) is 4.22. The minimum Gasteiger partial charge on any atom is -0.382 e. The van der Waals surface area contributed by atoms with E-state index < -0.39 is 0 Å². The van der Waals surface area contributed by atoms with E-state index in [0.29, 0.717) is 16.5 Å². The van der Waals surface area contributed by atoms with E-state index in [2.05, 4.69) is 23.2 Å². The summed E-state index contributed by atoms with van der Waals surface area (Å²) >= 11 is 6.20. The van der Waals surface area contributed by atoms with E-state index in [0.717, 1.165) is 37.0 Å². The molecule has 1 atom stereocenters. The maximum Gasteiger partial charge on any atom is 0.101 e. The predicted molar refractivity (Wildman–Crippen MR) is 108 cm³/mol. The standard InChI is InChI=1S/C21H29ClN4/c1-15-8-10-26(11-9-15)21(24)13-20(16-4-2-3-5-16)25-18-7-6-17(14-23)19(22)12-18/h6-7,12,15-16,20,24-25H,2-5,8-11,13H2,1H3. The molecule has 5 heteroatoms. The molecule has 3 rings (SSSR count). The molecule has 2 fully saturated rings. The summed E-state index contributed by atoms with van der Waals surface area (Å²) in [5, 5.41) is 21.8. The van der Waals surface area contributed by atoms with Gasteiger partial charge in [0.2, 0.25) is 0 Å². The van der Waals surface area contributed by atoms with Gasteiger partial charge in [-0.15, -0.1) is 0 Å². The van der Waals surface area contributed by atoms with Crippen LogP contribution < -0.4 is 5.32 Å². The van der Waals surface area contributed by atoms with Crippen LogP contribution in [-0.4, -0.2) is 29.9 Å². The van der Waals surface area contributed by atoms with Crippen LogP contribution in [-0.2, 0) is 0 Å². The first kappa shape index (κ1) is 19.0. The Labute approximate surface area is 162 Å². The molecule has 1 aromatic rings. The van der Waals surface area contributed by atoms with Crippen molar-refractivity contribution in [3.8, 4) is 6.07 Å². The van der Waals surface area contributed by atoms with Crippen molar-refractivity contribution in [2.75, 3.05) is 18.4 Å². The van der Waals surface area contributed by atoms with Gasteiger partial charge in [-0.1, -0.05) is 31.4 Å². The summed E-state index contributed by atoms with van der Waals surface area (Å²) in [6, 6.07) is 7.91. The molecular formula is C21H29ClN4. The third kappa shape index (κ3) is 4.71. The first-order valence-corrected chi connectivity index (χ1v) is 10.2. The fourth-order valence-corrected chi connectivity index (χ4v) is 4.44. The van der Waals surface area contributed by atoms with Crippen molar-refractivity contribution >= 4 is 23.1 Å². The molecular weight excluding hydrogens is 344 g/mol. The number of nitriles is 1. The first-order chi connectivity index (χ1) is 12.6. The molecule has 0 bridgehead atoms. The highest BCUT2D eigenvalue weighted by molar-refractivity contribution is 6.32. The second kappa shape index (κ2) is 8.77. The molecule has 1 heterocycles. The summed E-state index contributed by atoms with van der Waals surface area (Å²) in [5.74, 6) is 2.15. The highest BCUT2D eigenvalue weighted by Gasteiger charge is 2.28. The Morgan fingerprint density at radius 2 is 2.00 bits per heavy atom. The molecule has 140 valence electrons. The number of rotatable bonds is 5. The zero-order valence-electron chi connectivity index (χ0n) is 15.6. The largest absolute Gasteiger partial charge is 0.382 e. The van der Waals surface area contributed by atoms with E-state index in [1.54, 1.807) is 6.07 Å². The Kier molecular flexibility index (Phi) is 6.43. The van der Waals surface area contributed by atoms with Gasteiger partial charge >= 0.3 is 0 Å². The van der Waals surface area contributed by atoms with Crippen LogP contribution in [0.3, 0.4) is 0 Å². The second-order valence-corrected chi connectivity index (χ2v) is 8.33. The molecule has 1 unspecified atom stereocenters. The van der Waals surface area contributed by atoms with Crippen molar-refractivity contribution in [1.82, 2.24) is 4.90 Å². The molecule has 1 aromatic carbocycles. The minimum atomic E-state index is 0.258. The number of nitrogens with one attached hydrogen (secondary N) is 2. The lowest BCUT2D eigenvalue weighted by Gasteiger charge is -2.35. The lowest BCUT2D eigenvalue weighted by Crippen LogP contribution is -2.41. The molecule has 2 N–H and O–H groups in total. The molecule has 0 spiro atoms. The molecule has 0 amide bonds. The van der Waals surface area contributed by atoms with Crippen LogP contribution in [0.25, 0.3) is 0 Å². The van der Waals surface area contributed by atoms with Crippen LogP contribution in [0, 0.1) is 28.6 Å². The lowest BCUT2D eigenvalue weighted by atomic mass is 9.93. The quantitative estimate of drug-likeness (QED) is 0.545. The number of piperidine rings is 1. The number of anilines is 1. The number of hydrogen-bond donors (Lipinski definition) is 2. The van der Waals surface area contributed by atoms with Gasteiger partial charge in [0, 0.05) is 31.2 Å². The number of halogens is 1. The van der Waals surface area contributed by atoms with Crippen LogP contribution in [0.5, 0.6) is 0 Å². The maximum absolute atomic E-state index is 9.06. The number of benzene rings is 1. The number of amidine groups is 1. The van der Waals surface area contributed by atoms with E-state index in [1.807, 2.05) is 12.1 Å². The summed E-state index contributed by atoms with van der Waals surface area (Å²) in [6.45, 7) is 4.33. The van der Waals surface area contributed by atoms with Crippen molar-refractivity contribution < 1.29 is 0 Å².